The number of hydrogen-bond acceptors (Lipinski definition) is 2. The lowest BCUT2D eigenvalue weighted by Gasteiger charge is -2.28. The van der Waals surface area contributed by atoms with Crippen LogP contribution in [-0.2, 0) is 0 Å². The molecule has 5 heteroatoms. The van der Waals surface area contributed by atoms with Crippen LogP contribution in [0.5, 0.6) is 0 Å². The summed E-state index contributed by atoms with van der Waals surface area (Å²) in [7, 11) is 1.84. The van der Waals surface area contributed by atoms with E-state index in [0.29, 0.717) is 6.04 Å². The summed E-state index contributed by atoms with van der Waals surface area (Å²) >= 11 is 0. The monoisotopic (exact) mass is 430 g/mol. The third-order valence-corrected chi connectivity index (χ3v) is 4.51. The molecule has 0 spiro atoms. The Morgan fingerprint density at radius 2 is 1.87 bits per heavy atom. The molecule has 1 aromatic rings. The first-order valence-corrected chi connectivity index (χ1v) is 8.50. The van der Waals surface area contributed by atoms with Gasteiger partial charge in [-0.25, -0.2) is 0 Å². The van der Waals surface area contributed by atoms with Crippen molar-refractivity contribution in [2.75, 3.05) is 26.7 Å². The van der Waals surface area contributed by atoms with Crippen LogP contribution < -0.4 is 10.6 Å². The summed E-state index contributed by atoms with van der Waals surface area (Å²) in [5.74, 6) is 0.883. The number of nitrogens with one attached hydrogen (secondary N) is 2. The molecule has 2 atom stereocenters. The van der Waals surface area contributed by atoms with Crippen molar-refractivity contribution in [3.63, 3.8) is 0 Å². The van der Waals surface area contributed by atoms with Crippen molar-refractivity contribution < 1.29 is 0 Å². The molecule has 2 rings (SSSR count). The molecule has 1 heterocycles. The zero-order valence-electron chi connectivity index (χ0n) is 14.6. The maximum Gasteiger partial charge on any atom is 0.191 e. The third kappa shape index (κ3) is 6.30. The van der Waals surface area contributed by atoms with Crippen LogP contribution in [-0.4, -0.2) is 43.6 Å². The van der Waals surface area contributed by atoms with Crippen LogP contribution in [0, 0.1) is 0 Å². The Balaban J connectivity index is 0.00000264. The predicted octanol–water partition coefficient (Wildman–Crippen LogP) is 3.41. The first-order valence-electron chi connectivity index (χ1n) is 8.50. The molecule has 0 saturated carbocycles. The van der Waals surface area contributed by atoms with Crippen molar-refractivity contribution >= 4 is 29.9 Å². The van der Waals surface area contributed by atoms with Crippen molar-refractivity contribution in [2.45, 2.75) is 45.2 Å². The quantitative estimate of drug-likeness (QED) is 0.413. The molecular formula is C18H31IN4. The third-order valence-electron chi connectivity index (χ3n) is 4.51. The van der Waals surface area contributed by atoms with Gasteiger partial charge in [0.25, 0.3) is 0 Å². The Morgan fingerprint density at radius 1 is 1.22 bits per heavy atom. The van der Waals surface area contributed by atoms with Crippen molar-refractivity contribution in [2.24, 2.45) is 4.99 Å². The van der Waals surface area contributed by atoms with Gasteiger partial charge >= 0.3 is 0 Å². The van der Waals surface area contributed by atoms with Crippen LogP contribution >= 0.6 is 24.0 Å². The number of likely N-dealkylation sites (tertiary alicyclic amines) is 1. The predicted molar refractivity (Wildman–Crippen MR) is 110 cm³/mol. The Labute approximate surface area is 158 Å². The van der Waals surface area contributed by atoms with Gasteiger partial charge in [0, 0.05) is 19.6 Å². The Bertz CT molecular complexity index is 457. The molecule has 1 aromatic carbocycles. The molecule has 23 heavy (non-hydrogen) atoms. The van der Waals surface area contributed by atoms with Crippen LogP contribution in [0.3, 0.4) is 0 Å². The van der Waals surface area contributed by atoms with E-state index in [2.05, 4.69) is 58.6 Å². The average Bonchev–Trinajstić information content (AvgIpc) is 3.09. The second-order valence-electron chi connectivity index (χ2n) is 6.03. The van der Waals surface area contributed by atoms with Crippen molar-refractivity contribution in [1.82, 2.24) is 15.5 Å². The second kappa shape index (κ2) is 10.9. The number of halogens is 1. The first kappa shape index (κ1) is 20.2. The molecule has 0 bridgehead atoms. The van der Waals surface area contributed by atoms with E-state index < -0.39 is 0 Å². The molecule has 0 amide bonds. The molecule has 4 nitrogen and oxygen atoms in total. The Hall–Kier alpha value is -0.820. The zero-order chi connectivity index (χ0) is 15.8. The molecule has 1 aliphatic heterocycles. The van der Waals surface area contributed by atoms with Gasteiger partial charge in [-0.05, 0) is 44.8 Å². The van der Waals surface area contributed by atoms with Crippen molar-refractivity contribution in [1.29, 1.82) is 0 Å². The number of aliphatic imine (C=N–C) groups is 1. The highest BCUT2D eigenvalue weighted by Gasteiger charge is 2.20. The summed E-state index contributed by atoms with van der Waals surface area (Å²) in [5.41, 5.74) is 1.28. The molecule has 1 fully saturated rings. The van der Waals surface area contributed by atoms with E-state index in [0.717, 1.165) is 12.5 Å². The average molecular weight is 430 g/mol. The topological polar surface area (TPSA) is 39.7 Å². The van der Waals surface area contributed by atoms with Crippen LogP contribution in [0.1, 0.15) is 44.7 Å². The lowest BCUT2D eigenvalue weighted by Crippen LogP contribution is -2.46. The standard InChI is InChI=1S/C18H30N4.HI/c1-4-17(22-12-8-9-13-22)14-20-18(19-3)21-15(2)16-10-6-5-7-11-16;/h5-7,10-11,15,17H,4,8-9,12-14H2,1-3H3,(H2,19,20,21);1H. The second-order valence-corrected chi connectivity index (χ2v) is 6.03. The molecular weight excluding hydrogens is 399 g/mol. The normalized spacial score (nSPS) is 18.1. The van der Waals surface area contributed by atoms with Gasteiger partial charge in [-0.3, -0.25) is 9.89 Å². The van der Waals surface area contributed by atoms with Gasteiger partial charge in [-0.2, -0.15) is 0 Å². The van der Waals surface area contributed by atoms with Crippen LogP contribution in [0.4, 0.5) is 0 Å². The Kier molecular flexibility index (Phi) is 9.55. The maximum atomic E-state index is 4.36. The van der Waals surface area contributed by atoms with E-state index in [1.165, 1.54) is 37.9 Å². The summed E-state index contributed by atoms with van der Waals surface area (Å²) in [6.07, 6.45) is 3.86. The van der Waals surface area contributed by atoms with Crippen molar-refractivity contribution in [3.05, 3.63) is 35.9 Å². The fourth-order valence-electron chi connectivity index (χ4n) is 3.08. The molecule has 2 unspecified atom stereocenters. The molecule has 0 aromatic heterocycles. The highest BCUT2D eigenvalue weighted by Crippen LogP contribution is 2.14. The molecule has 2 N–H and O–H groups in total. The van der Waals surface area contributed by atoms with Gasteiger partial charge in [0.15, 0.2) is 5.96 Å². The van der Waals surface area contributed by atoms with Gasteiger partial charge < -0.3 is 10.6 Å². The number of guanidine groups is 1. The summed E-state index contributed by atoms with van der Waals surface area (Å²) < 4.78 is 0. The van der Waals surface area contributed by atoms with Gasteiger partial charge in [-0.15, -0.1) is 24.0 Å². The number of nitrogens with zero attached hydrogens (tertiary/aromatic N) is 2. The fourth-order valence-corrected chi connectivity index (χ4v) is 3.08. The van der Waals surface area contributed by atoms with Crippen molar-refractivity contribution in [3.8, 4) is 0 Å². The van der Waals surface area contributed by atoms with E-state index >= 15 is 0 Å². The lowest BCUT2D eigenvalue weighted by molar-refractivity contribution is 0.236. The maximum absolute atomic E-state index is 4.36. The fraction of sp³-hybridized carbons (Fsp3) is 0.611. The smallest absolute Gasteiger partial charge is 0.191 e. The SMILES string of the molecule is CCC(CNC(=NC)NC(C)c1ccccc1)N1CCCC1.I. The summed E-state index contributed by atoms with van der Waals surface area (Å²) in [5, 5.41) is 6.97. The number of benzene rings is 1. The molecule has 130 valence electrons. The summed E-state index contributed by atoms with van der Waals surface area (Å²) in [6, 6.07) is 11.3. The zero-order valence-corrected chi connectivity index (χ0v) is 16.9. The summed E-state index contributed by atoms with van der Waals surface area (Å²) in [4.78, 5) is 6.96. The largest absolute Gasteiger partial charge is 0.355 e. The van der Waals surface area contributed by atoms with E-state index in [4.69, 9.17) is 0 Å². The van der Waals surface area contributed by atoms with Crippen LogP contribution in [0.15, 0.2) is 35.3 Å². The highest BCUT2D eigenvalue weighted by molar-refractivity contribution is 14.0. The van der Waals surface area contributed by atoms with E-state index in [9.17, 15) is 0 Å². The van der Waals surface area contributed by atoms with Gasteiger partial charge in [-0.1, -0.05) is 37.3 Å². The van der Waals surface area contributed by atoms with Crippen LogP contribution in [0.2, 0.25) is 0 Å². The molecule has 1 saturated heterocycles. The van der Waals surface area contributed by atoms with E-state index in [1.54, 1.807) is 0 Å². The van der Waals surface area contributed by atoms with Gasteiger partial charge in [0.2, 0.25) is 0 Å². The minimum Gasteiger partial charge on any atom is -0.355 e. The number of rotatable bonds is 6. The highest BCUT2D eigenvalue weighted by atomic mass is 127. The molecule has 0 radical (unpaired) electrons. The number of hydrogen-bond donors (Lipinski definition) is 2. The van der Waals surface area contributed by atoms with E-state index in [1.807, 2.05) is 13.1 Å². The summed E-state index contributed by atoms with van der Waals surface area (Å²) in [6.45, 7) is 7.88. The molecule has 1 aliphatic rings. The minimum absolute atomic E-state index is 0. The minimum atomic E-state index is 0. The van der Waals surface area contributed by atoms with E-state index in [-0.39, 0.29) is 30.0 Å². The van der Waals surface area contributed by atoms with Crippen LogP contribution in [0.25, 0.3) is 0 Å². The lowest BCUT2D eigenvalue weighted by atomic mass is 10.1. The van der Waals surface area contributed by atoms with Gasteiger partial charge in [0.05, 0.1) is 6.04 Å². The Morgan fingerprint density at radius 3 is 2.43 bits per heavy atom. The van der Waals surface area contributed by atoms with Gasteiger partial charge in [0.1, 0.15) is 0 Å². The molecule has 0 aliphatic carbocycles. The first-order chi connectivity index (χ1) is 10.7.